The van der Waals surface area contributed by atoms with Crippen LogP contribution in [0.4, 0.5) is 0 Å². The van der Waals surface area contributed by atoms with Gasteiger partial charge in [-0.2, -0.15) is 0 Å². The summed E-state index contributed by atoms with van der Waals surface area (Å²) in [5.74, 6) is 0.0409. The average molecular weight is 424 g/mol. The van der Waals surface area contributed by atoms with Crippen LogP contribution in [0, 0.1) is 0 Å². The Hall–Kier alpha value is -2.73. The van der Waals surface area contributed by atoms with Crippen molar-refractivity contribution in [2.75, 3.05) is 12.9 Å². The topological polar surface area (TPSA) is 68.5 Å². The van der Waals surface area contributed by atoms with Gasteiger partial charge in [-0.05, 0) is 56.4 Å². The van der Waals surface area contributed by atoms with Gasteiger partial charge in [-0.1, -0.05) is 12.1 Å². The first-order chi connectivity index (χ1) is 14.5. The Morgan fingerprint density at radius 1 is 1.23 bits per heavy atom. The van der Waals surface area contributed by atoms with Crippen LogP contribution in [0.5, 0.6) is 0 Å². The number of thioether (sulfide) groups is 1. The van der Waals surface area contributed by atoms with Crippen LogP contribution in [0.3, 0.4) is 0 Å². The third-order valence-corrected chi connectivity index (χ3v) is 6.46. The van der Waals surface area contributed by atoms with E-state index in [1.807, 2.05) is 49.6 Å². The molecule has 0 unspecified atom stereocenters. The maximum absolute atomic E-state index is 13.4. The monoisotopic (exact) mass is 423 g/mol. The molecule has 4 rings (SSSR count). The zero-order valence-corrected chi connectivity index (χ0v) is 18.2. The number of ether oxygens (including phenoxy) is 1. The highest BCUT2D eigenvalue weighted by molar-refractivity contribution is 7.98. The normalized spacial score (nSPS) is 21.4. The number of rotatable bonds is 5. The van der Waals surface area contributed by atoms with Crippen molar-refractivity contribution < 1.29 is 18.7 Å². The Bertz CT molecular complexity index is 1020. The highest BCUT2D eigenvalue weighted by Crippen LogP contribution is 2.45. The largest absolute Gasteiger partial charge is 0.469 e. The van der Waals surface area contributed by atoms with Gasteiger partial charge in [0.05, 0.1) is 18.4 Å². The maximum Gasteiger partial charge on any atom is 0.336 e. The number of dihydropyridines is 1. The first kappa shape index (κ1) is 20.5. The third kappa shape index (κ3) is 3.72. The van der Waals surface area contributed by atoms with Gasteiger partial charge >= 0.3 is 5.97 Å². The molecule has 2 aliphatic rings. The molecule has 1 aromatic heterocycles. The Labute approximate surface area is 180 Å². The summed E-state index contributed by atoms with van der Waals surface area (Å²) in [4.78, 5) is 27.4. The fourth-order valence-corrected chi connectivity index (χ4v) is 4.78. The molecule has 1 aliphatic carbocycles. The zero-order valence-electron chi connectivity index (χ0n) is 17.4. The fraction of sp³-hybridized carbons (Fsp3) is 0.333. The minimum atomic E-state index is -0.429. The second-order valence-corrected chi connectivity index (χ2v) is 8.41. The summed E-state index contributed by atoms with van der Waals surface area (Å²) in [5, 5.41) is 3.34. The van der Waals surface area contributed by atoms with Gasteiger partial charge in [-0.25, -0.2) is 4.79 Å². The van der Waals surface area contributed by atoms with Gasteiger partial charge in [0, 0.05) is 40.1 Å². The van der Waals surface area contributed by atoms with Crippen molar-refractivity contribution in [2.45, 2.75) is 43.4 Å². The molecule has 2 heterocycles. The molecule has 0 saturated carbocycles. The molecule has 0 saturated heterocycles. The Morgan fingerprint density at radius 2 is 2.00 bits per heavy atom. The molecule has 0 amide bonds. The number of Topliss-reactive ketones (excluding diaryl/α,β-unsaturated/α-hetero) is 1. The molecule has 156 valence electrons. The summed E-state index contributed by atoms with van der Waals surface area (Å²) in [6.07, 6.45) is 4.69. The van der Waals surface area contributed by atoms with Crippen molar-refractivity contribution >= 4 is 23.5 Å². The second kappa shape index (κ2) is 8.56. The van der Waals surface area contributed by atoms with E-state index >= 15 is 0 Å². The predicted molar refractivity (Wildman–Crippen MR) is 116 cm³/mol. The van der Waals surface area contributed by atoms with Gasteiger partial charge in [0.15, 0.2) is 5.78 Å². The number of furan rings is 1. The second-order valence-electron chi connectivity index (χ2n) is 7.53. The third-order valence-electron chi connectivity index (χ3n) is 5.72. The Morgan fingerprint density at radius 3 is 2.63 bits per heavy atom. The van der Waals surface area contributed by atoms with E-state index in [1.165, 1.54) is 0 Å². The van der Waals surface area contributed by atoms with Gasteiger partial charge < -0.3 is 14.5 Å². The smallest absolute Gasteiger partial charge is 0.336 e. The highest BCUT2D eigenvalue weighted by atomic mass is 32.2. The van der Waals surface area contributed by atoms with E-state index in [2.05, 4.69) is 5.32 Å². The summed E-state index contributed by atoms with van der Waals surface area (Å²) in [7, 11) is 0. The molecule has 30 heavy (non-hydrogen) atoms. The molecule has 1 aliphatic heterocycles. The minimum Gasteiger partial charge on any atom is -0.469 e. The molecule has 5 nitrogen and oxygen atoms in total. The minimum absolute atomic E-state index is 0.00443. The van der Waals surface area contributed by atoms with Crippen molar-refractivity contribution in [3.05, 3.63) is 76.5 Å². The van der Waals surface area contributed by atoms with Crippen molar-refractivity contribution in [3.63, 3.8) is 0 Å². The van der Waals surface area contributed by atoms with E-state index in [1.54, 1.807) is 24.9 Å². The number of carbonyl (C=O) groups is 2. The summed E-state index contributed by atoms with van der Waals surface area (Å²) in [6, 6.07) is 11.8. The lowest BCUT2D eigenvalue weighted by Gasteiger charge is -2.36. The first-order valence-electron chi connectivity index (χ1n) is 10.1. The Kier molecular flexibility index (Phi) is 5.86. The van der Waals surface area contributed by atoms with E-state index < -0.39 is 5.92 Å². The van der Waals surface area contributed by atoms with E-state index in [4.69, 9.17) is 9.15 Å². The fourth-order valence-electron chi connectivity index (χ4n) is 4.37. The van der Waals surface area contributed by atoms with Gasteiger partial charge in [-0.15, -0.1) is 11.8 Å². The quantitative estimate of drug-likeness (QED) is 0.543. The first-order valence-corrected chi connectivity index (χ1v) is 11.3. The molecule has 2 atom stereocenters. The standard InChI is InChI=1S/C24H25NO4S/c1-4-28-24(27)21-14(2)25-18-12-16(20-6-5-11-29-20)13-19(26)23(18)22(21)15-7-9-17(30-3)10-8-15/h5-11,16,22,25H,4,12-13H2,1-3H3/t16-,22-/m0/s1. The SMILES string of the molecule is CCOC(=O)C1=C(C)NC2=C(C(=O)C[C@@H](c3ccco3)C2)[C@H]1c1ccc(SC)cc1. The van der Waals surface area contributed by atoms with Crippen LogP contribution in [-0.2, 0) is 14.3 Å². The number of hydrogen-bond acceptors (Lipinski definition) is 6. The van der Waals surface area contributed by atoms with Crippen molar-refractivity contribution in [1.82, 2.24) is 5.32 Å². The van der Waals surface area contributed by atoms with Crippen LogP contribution >= 0.6 is 11.8 Å². The van der Waals surface area contributed by atoms with E-state index in [0.29, 0.717) is 24.0 Å². The predicted octanol–water partition coefficient (Wildman–Crippen LogP) is 4.93. The number of esters is 1. The molecule has 6 heteroatoms. The Balaban J connectivity index is 1.80. The van der Waals surface area contributed by atoms with Crippen LogP contribution in [0.2, 0.25) is 0 Å². The molecular formula is C24H25NO4S. The molecular weight excluding hydrogens is 398 g/mol. The van der Waals surface area contributed by atoms with Crippen LogP contribution in [0.25, 0.3) is 0 Å². The van der Waals surface area contributed by atoms with Crippen LogP contribution in [0.1, 0.15) is 49.8 Å². The lowest BCUT2D eigenvalue weighted by Crippen LogP contribution is -2.36. The average Bonchev–Trinajstić information content (AvgIpc) is 3.28. The molecule has 2 aromatic rings. The summed E-state index contributed by atoms with van der Waals surface area (Å²) in [5.41, 5.74) is 3.71. The number of benzene rings is 1. The number of allylic oxidation sites excluding steroid dienone is 3. The van der Waals surface area contributed by atoms with Gasteiger partial charge in [0.25, 0.3) is 0 Å². The summed E-state index contributed by atoms with van der Waals surface area (Å²) in [6.45, 7) is 3.95. The number of hydrogen-bond donors (Lipinski definition) is 1. The van der Waals surface area contributed by atoms with Gasteiger partial charge in [0.1, 0.15) is 5.76 Å². The number of nitrogens with one attached hydrogen (secondary N) is 1. The van der Waals surface area contributed by atoms with Crippen LogP contribution in [0.15, 0.2) is 74.5 Å². The zero-order chi connectivity index (χ0) is 21.3. The van der Waals surface area contributed by atoms with Crippen LogP contribution in [-0.4, -0.2) is 24.6 Å². The lowest BCUT2D eigenvalue weighted by molar-refractivity contribution is -0.138. The molecule has 0 bridgehead atoms. The molecule has 1 N–H and O–H groups in total. The number of carbonyl (C=O) groups excluding carboxylic acids is 2. The lowest BCUT2D eigenvalue weighted by atomic mass is 9.72. The van der Waals surface area contributed by atoms with Gasteiger partial charge in [0.2, 0.25) is 0 Å². The van der Waals surface area contributed by atoms with E-state index in [9.17, 15) is 9.59 Å². The molecule has 1 aromatic carbocycles. The van der Waals surface area contributed by atoms with Gasteiger partial charge in [-0.3, -0.25) is 4.79 Å². The van der Waals surface area contributed by atoms with E-state index in [0.717, 1.165) is 27.6 Å². The maximum atomic E-state index is 13.4. The van der Waals surface area contributed by atoms with Crippen LogP contribution < -0.4 is 5.32 Å². The summed E-state index contributed by atoms with van der Waals surface area (Å²) < 4.78 is 10.9. The highest BCUT2D eigenvalue weighted by Gasteiger charge is 2.41. The summed E-state index contributed by atoms with van der Waals surface area (Å²) >= 11 is 1.66. The van der Waals surface area contributed by atoms with Crippen molar-refractivity contribution in [3.8, 4) is 0 Å². The van der Waals surface area contributed by atoms with Crippen molar-refractivity contribution in [1.29, 1.82) is 0 Å². The van der Waals surface area contributed by atoms with Crippen molar-refractivity contribution in [2.24, 2.45) is 0 Å². The number of ketones is 1. The van der Waals surface area contributed by atoms with E-state index in [-0.39, 0.29) is 24.3 Å². The molecule has 0 radical (unpaired) electrons. The molecule has 0 spiro atoms. The molecule has 0 fully saturated rings.